The molecule has 3 heteroatoms. The van der Waals surface area contributed by atoms with E-state index in [-0.39, 0.29) is 0 Å². The van der Waals surface area contributed by atoms with Gasteiger partial charge in [-0.25, -0.2) is 0 Å². The highest BCUT2D eigenvalue weighted by atomic mass is 16.3. The van der Waals surface area contributed by atoms with E-state index in [2.05, 4.69) is 35.0 Å². The first-order chi connectivity index (χ1) is 9.24. The van der Waals surface area contributed by atoms with E-state index in [1.165, 1.54) is 12.1 Å². The fourth-order valence-electron chi connectivity index (χ4n) is 2.91. The molecule has 1 aliphatic rings. The number of aromatic nitrogens is 1. The van der Waals surface area contributed by atoms with Gasteiger partial charge in [0.25, 0.3) is 0 Å². The molecule has 0 bridgehead atoms. The summed E-state index contributed by atoms with van der Waals surface area (Å²) in [5.74, 6) is 1.82. The minimum absolute atomic E-state index is 0.348. The monoisotopic (exact) mass is 256 g/mol. The topological polar surface area (TPSA) is 29.3 Å². The van der Waals surface area contributed by atoms with Gasteiger partial charge in [0.1, 0.15) is 5.76 Å². The Morgan fingerprint density at radius 1 is 1.37 bits per heavy atom. The van der Waals surface area contributed by atoms with Crippen LogP contribution in [0.1, 0.15) is 37.3 Å². The van der Waals surface area contributed by atoms with Crippen molar-refractivity contribution in [2.24, 2.45) is 5.92 Å². The van der Waals surface area contributed by atoms with Crippen LogP contribution in [0.25, 0.3) is 0 Å². The molecule has 2 atom stereocenters. The van der Waals surface area contributed by atoms with Crippen molar-refractivity contribution >= 4 is 5.69 Å². The van der Waals surface area contributed by atoms with Gasteiger partial charge in [-0.3, -0.25) is 4.98 Å². The van der Waals surface area contributed by atoms with Gasteiger partial charge < -0.3 is 9.32 Å². The molecule has 3 rings (SSSR count). The first-order valence-corrected chi connectivity index (χ1v) is 6.97. The molecule has 3 nitrogen and oxygen atoms in total. The number of furan rings is 1. The Bertz CT molecular complexity index is 535. The molecule has 2 unspecified atom stereocenters. The molecular weight excluding hydrogens is 236 g/mol. The molecular formula is C16H20N2O. The summed E-state index contributed by atoms with van der Waals surface area (Å²) in [6.45, 7) is 5.44. The normalized spacial score (nSPS) is 23.6. The number of hydrogen-bond acceptors (Lipinski definition) is 3. The molecule has 0 spiro atoms. The maximum Gasteiger partial charge on any atom is 0.126 e. The van der Waals surface area contributed by atoms with Gasteiger partial charge >= 0.3 is 0 Å². The van der Waals surface area contributed by atoms with Crippen LogP contribution in [0.15, 0.2) is 41.1 Å². The number of nitrogens with zero attached hydrogens (tertiary/aromatic N) is 2. The van der Waals surface area contributed by atoms with E-state index in [1.54, 1.807) is 6.26 Å². The second-order valence-corrected chi connectivity index (χ2v) is 5.51. The highest BCUT2D eigenvalue weighted by molar-refractivity contribution is 5.48. The highest BCUT2D eigenvalue weighted by Gasteiger charge is 2.29. The van der Waals surface area contributed by atoms with Crippen molar-refractivity contribution in [1.29, 1.82) is 0 Å². The lowest BCUT2D eigenvalue weighted by atomic mass is 9.90. The molecule has 3 heterocycles. The third kappa shape index (κ3) is 2.50. The van der Waals surface area contributed by atoms with E-state index in [9.17, 15) is 0 Å². The summed E-state index contributed by atoms with van der Waals surface area (Å²) in [6, 6.07) is 8.67. The van der Waals surface area contributed by atoms with Crippen molar-refractivity contribution in [3.63, 3.8) is 0 Å². The quantitative estimate of drug-likeness (QED) is 0.814. The van der Waals surface area contributed by atoms with Crippen LogP contribution in [-0.2, 0) is 0 Å². The summed E-state index contributed by atoms with van der Waals surface area (Å²) >= 11 is 0. The molecule has 0 radical (unpaired) electrons. The molecule has 0 saturated carbocycles. The molecule has 100 valence electrons. The summed E-state index contributed by atoms with van der Waals surface area (Å²) < 4.78 is 5.65. The average molecular weight is 256 g/mol. The van der Waals surface area contributed by atoms with Crippen LogP contribution in [0, 0.1) is 12.8 Å². The van der Waals surface area contributed by atoms with E-state index in [0.29, 0.717) is 6.04 Å². The average Bonchev–Trinajstić information content (AvgIpc) is 2.92. The van der Waals surface area contributed by atoms with Gasteiger partial charge in [-0.05, 0) is 49.9 Å². The Morgan fingerprint density at radius 2 is 2.26 bits per heavy atom. The molecule has 1 fully saturated rings. The van der Waals surface area contributed by atoms with Gasteiger partial charge in [0, 0.05) is 24.1 Å². The van der Waals surface area contributed by atoms with Gasteiger partial charge in [0.15, 0.2) is 0 Å². The van der Waals surface area contributed by atoms with Crippen LogP contribution in [0.4, 0.5) is 5.69 Å². The first-order valence-electron chi connectivity index (χ1n) is 6.97. The second kappa shape index (κ2) is 5.08. The Balaban J connectivity index is 1.93. The third-order valence-corrected chi connectivity index (χ3v) is 3.95. The van der Waals surface area contributed by atoms with E-state index < -0.39 is 0 Å². The van der Waals surface area contributed by atoms with Gasteiger partial charge in [0.2, 0.25) is 0 Å². The van der Waals surface area contributed by atoms with Crippen molar-refractivity contribution in [3.8, 4) is 0 Å². The van der Waals surface area contributed by atoms with Crippen LogP contribution >= 0.6 is 0 Å². The Kier molecular flexibility index (Phi) is 3.28. The van der Waals surface area contributed by atoms with Crippen LogP contribution in [-0.4, -0.2) is 11.5 Å². The zero-order valence-corrected chi connectivity index (χ0v) is 11.5. The van der Waals surface area contributed by atoms with Crippen molar-refractivity contribution in [3.05, 3.63) is 48.2 Å². The van der Waals surface area contributed by atoms with Crippen LogP contribution in [0.5, 0.6) is 0 Å². The molecule has 0 aromatic carbocycles. The largest absolute Gasteiger partial charge is 0.467 e. The number of piperidine rings is 1. The first kappa shape index (κ1) is 12.3. The van der Waals surface area contributed by atoms with Crippen molar-refractivity contribution in [2.45, 2.75) is 32.7 Å². The van der Waals surface area contributed by atoms with E-state index in [4.69, 9.17) is 4.42 Å². The Labute approximate surface area is 114 Å². The molecule has 1 saturated heterocycles. The van der Waals surface area contributed by atoms with Crippen molar-refractivity contribution < 1.29 is 4.42 Å². The van der Waals surface area contributed by atoms with Crippen LogP contribution in [0.2, 0.25) is 0 Å². The minimum atomic E-state index is 0.348. The molecule has 19 heavy (non-hydrogen) atoms. The Hall–Kier alpha value is -1.77. The lowest BCUT2D eigenvalue weighted by Crippen LogP contribution is -2.36. The number of rotatable bonds is 2. The van der Waals surface area contributed by atoms with Gasteiger partial charge in [-0.1, -0.05) is 6.92 Å². The van der Waals surface area contributed by atoms with E-state index in [1.807, 2.05) is 19.2 Å². The smallest absolute Gasteiger partial charge is 0.126 e. The lowest BCUT2D eigenvalue weighted by Gasteiger charge is -2.39. The molecule has 0 aliphatic carbocycles. The fourth-order valence-corrected chi connectivity index (χ4v) is 2.91. The number of aryl methyl sites for hydroxylation is 1. The fraction of sp³-hybridized carbons (Fsp3) is 0.438. The number of pyridine rings is 1. The van der Waals surface area contributed by atoms with Crippen molar-refractivity contribution in [2.75, 3.05) is 11.4 Å². The summed E-state index contributed by atoms with van der Waals surface area (Å²) in [5.41, 5.74) is 2.31. The maximum absolute atomic E-state index is 5.65. The van der Waals surface area contributed by atoms with Crippen LogP contribution < -0.4 is 4.90 Å². The molecule has 2 aromatic rings. The summed E-state index contributed by atoms with van der Waals surface area (Å²) in [5, 5.41) is 0. The SMILES string of the molecule is Cc1cc(N2CCC(C)CC2c2ccco2)ccn1. The molecule has 0 N–H and O–H groups in total. The summed E-state index contributed by atoms with van der Waals surface area (Å²) in [7, 11) is 0. The lowest BCUT2D eigenvalue weighted by molar-refractivity contribution is 0.328. The van der Waals surface area contributed by atoms with Crippen LogP contribution in [0.3, 0.4) is 0 Å². The van der Waals surface area contributed by atoms with Gasteiger partial charge in [-0.2, -0.15) is 0 Å². The predicted octanol–water partition coefficient (Wildman–Crippen LogP) is 3.96. The minimum Gasteiger partial charge on any atom is -0.467 e. The predicted molar refractivity (Wildman–Crippen MR) is 76.2 cm³/mol. The van der Waals surface area contributed by atoms with Gasteiger partial charge in [0.05, 0.1) is 12.3 Å². The zero-order valence-electron chi connectivity index (χ0n) is 11.5. The molecule has 1 aliphatic heterocycles. The van der Waals surface area contributed by atoms with E-state index in [0.717, 1.165) is 30.3 Å². The highest BCUT2D eigenvalue weighted by Crippen LogP contribution is 2.37. The summed E-state index contributed by atoms with van der Waals surface area (Å²) in [4.78, 5) is 6.74. The van der Waals surface area contributed by atoms with Crippen molar-refractivity contribution in [1.82, 2.24) is 4.98 Å². The number of anilines is 1. The maximum atomic E-state index is 5.65. The standard InChI is InChI=1S/C16H20N2O/c1-12-6-8-18(14-5-7-17-13(2)11-14)15(10-12)16-4-3-9-19-16/h3-5,7,9,11-12,15H,6,8,10H2,1-2H3. The van der Waals surface area contributed by atoms with Gasteiger partial charge in [-0.15, -0.1) is 0 Å². The summed E-state index contributed by atoms with van der Waals surface area (Å²) in [6.07, 6.45) is 6.04. The third-order valence-electron chi connectivity index (χ3n) is 3.95. The molecule has 0 amide bonds. The Morgan fingerprint density at radius 3 is 3.00 bits per heavy atom. The van der Waals surface area contributed by atoms with E-state index >= 15 is 0 Å². The second-order valence-electron chi connectivity index (χ2n) is 5.51. The number of hydrogen-bond donors (Lipinski definition) is 0. The zero-order chi connectivity index (χ0) is 13.2. The molecule has 2 aromatic heterocycles.